The van der Waals surface area contributed by atoms with E-state index in [9.17, 15) is 4.79 Å². The molecule has 0 unspecified atom stereocenters. The second-order valence-electron chi connectivity index (χ2n) is 3.76. The van der Waals surface area contributed by atoms with Crippen LogP contribution in [0, 0.1) is 0 Å². The molecule has 6 nitrogen and oxygen atoms in total. The summed E-state index contributed by atoms with van der Waals surface area (Å²) in [5, 5.41) is 10.2. The highest BCUT2D eigenvalue weighted by atomic mass is 35.5. The summed E-state index contributed by atoms with van der Waals surface area (Å²) < 4.78 is 10.3. The number of amides is 1. The fraction of sp³-hybridized carbons (Fsp3) is 0.154. The van der Waals surface area contributed by atoms with Crippen molar-refractivity contribution < 1.29 is 14.3 Å². The molecule has 1 heterocycles. The monoisotopic (exact) mass is 293 g/mol. The van der Waals surface area contributed by atoms with Gasteiger partial charge < -0.3 is 14.8 Å². The van der Waals surface area contributed by atoms with Crippen LogP contribution in [0.15, 0.2) is 30.3 Å². The second kappa shape index (κ2) is 6.21. The number of ether oxygens (including phenoxy) is 2. The third-order valence-corrected chi connectivity index (χ3v) is 2.72. The lowest BCUT2D eigenvalue weighted by Gasteiger charge is -2.11. The van der Waals surface area contributed by atoms with Crippen LogP contribution < -0.4 is 14.8 Å². The average molecular weight is 294 g/mol. The molecule has 0 radical (unpaired) electrons. The van der Waals surface area contributed by atoms with E-state index in [1.54, 1.807) is 25.3 Å². The molecule has 1 N–H and O–H groups in total. The predicted molar refractivity (Wildman–Crippen MR) is 74.5 cm³/mol. The van der Waals surface area contributed by atoms with Gasteiger partial charge in [0.2, 0.25) is 0 Å². The summed E-state index contributed by atoms with van der Waals surface area (Å²) >= 11 is 5.62. The van der Waals surface area contributed by atoms with E-state index in [2.05, 4.69) is 15.5 Å². The second-order valence-corrected chi connectivity index (χ2v) is 4.15. The highest BCUT2D eigenvalue weighted by molar-refractivity contribution is 6.29. The molecule has 0 atom stereocenters. The van der Waals surface area contributed by atoms with E-state index >= 15 is 0 Å². The van der Waals surface area contributed by atoms with Crippen molar-refractivity contribution >= 4 is 23.2 Å². The van der Waals surface area contributed by atoms with Gasteiger partial charge in [-0.25, -0.2) is 0 Å². The number of carbonyl (C=O) groups is 1. The molecule has 1 aromatic carbocycles. The highest BCUT2D eigenvalue weighted by Gasteiger charge is 2.12. The molecular formula is C13H12ClN3O3. The highest BCUT2D eigenvalue weighted by Crippen LogP contribution is 2.29. The molecular weight excluding hydrogens is 282 g/mol. The smallest absolute Gasteiger partial charge is 0.276 e. The number of methoxy groups -OCH3 is 2. The molecule has 104 valence electrons. The quantitative estimate of drug-likeness (QED) is 0.937. The summed E-state index contributed by atoms with van der Waals surface area (Å²) in [4.78, 5) is 12.0. The SMILES string of the molecule is COc1ccc(NC(=O)c2ccc(Cl)nn2)c(OC)c1. The van der Waals surface area contributed by atoms with E-state index in [0.29, 0.717) is 17.2 Å². The predicted octanol–water partition coefficient (Wildman–Crippen LogP) is 2.40. The summed E-state index contributed by atoms with van der Waals surface area (Å²) in [6.45, 7) is 0. The molecule has 0 fully saturated rings. The van der Waals surface area contributed by atoms with Crippen molar-refractivity contribution in [3.63, 3.8) is 0 Å². The Morgan fingerprint density at radius 2 is 1.95 bits per heavy atom. The molecule has 1 aromatic heterocycles. The largest absolute Gasteiger partial charge is 0.497 e. The van der Waals surface area contributed by atoms with Gasteiger partial charge >= 0.3 is 0 Å². The van der Waals surface area contributed by atoms with Crippen LogP contribution in [-0.2, 0) is 0 Å². The minimum absolute atomic E-state index is 0.160. The fourth-order valence-corrected chi connectivity index (χ4v) is 1.63. The Morgan fingerprint density at radius 3 is 2.55 bits per heavy atom. The number of rotatable bonds is 4. The molecule has 0 saturated heterocycles. The van der Waals surface area contributed by atoms with Gasteiger partial charge in [0.25, 0.3) is 5.91 Å². The van der Waals surface area contributed by atoms with E-state index < -0.39 is 5.91 Å². The number of hydrogen-bond acceptors (Lipinski definition) is 5. The minimum atomic E-state index is -0.405. The van der Waals surface area contributed by atoms with Crippen molar-refractivity contribution in [3.05, 3.63) is 41.2 Å². The van der Waals surface area contributed by atoms with Gasteiger partial charge in [-0.1, -0.05) is 11.6 Å². The Kier molecular flexibility index (Phi) is 4.37. The first-order chi connectivity index (χ1) is 9.63. The zero-order valence-corrected chi connectivity index (χ0v) is 11.6. The molecule has 0 aliphatic carbocycles. The van der Waals surface area contributed by atoms with Crippen molar-refractivity contribution in [1.82, 2.24) is 10.2 Å². The summed E-state index contributed by atoms with van der Waals surface area (Å²) in [6, 6.07) is 8.04. The molecule has 0 saturated carbocycles. The molecule has 0 aliphatic heterocycles. The van der Waals surface area contributed by atoms with Crippen molar-refractivity contribution in [2.24, 2.45) is 0 Å². The Morgan fingerprint density at radius 1 is 1.15 bits per heavy atom. The van der Waals surface area contributed by atoms with Crippen molar-refractivity contribution in [3.8, 4) is 11.5 Å². The molecule has 0 aliphatic rings. The maximum Gasteiger partial charge on any atom is 0.276 e. The Labute approximate surface area is 120 Å². The average Bonchev–Trinajstić information content (AvgIpc) is 2.48. The van der Waals surface area contributed by atoms with Crippen LogP contribution in [0.5, 0.6) is 11.5 Å². The van der Waals surface area contributed by atoms with Crippen LogP contribution in [0.25, 0.3) is 0 Å². The van der Waals surface area contributed by atoms with Crippen LogP contribution in [0.2, 0.25) is 5.15 Å². The van der Waals surface area contributed by atoms with Gasteiger partial charge in [-0.05, 0) is 24.3 Å². The molecule has 2 rings (SSSR count). The van der Waals surface area contributed by atoms with Crippen LogP contribution in [0.3, 0.4) is 0 Å². The van der Waals surface area contributed by atoms with Gasteiger partial charge in [0.1, 0.15) is 11.5 Å². The molecule has 7 heteroatoms. The van der Waals surface area contributed by atoms with Gasteiger partial charge in [-0.3, -0.25) is 4.79 Å². The third-order valence-electron chi connectivity index (χ3n) is 2.52. The number of carbonyl (C=O) groups excluding carboxylic acids is 1. The van der Waals surface area contributed by atoms with E-state index in [1.165, 1.54) is 19.2 Å². The van der Waals surface area contributed by atoms with Gasteiger partial charge in [0.15, 0.2) is 10.8 Å². The molecule has 20 heavy (non-hydrogen) atoms. The Bertz CT molecular complexity index is 617. The van der Waals surface area contributed by atoms with E-state index in [0.717, 1.165) is 0 Å². The first-order valence-corrected chi connectivity index (χ1v) is 6.04. The zero-order valence-electron chi connectivity index (χ0n) is 10.9. The number of hydrogen-bond donors (Lipinski definition) is 1. The van der Waals surface area contributed by atoms with E-state index in [-0.39, 0.29) is 10.8 Å². The van der Waals surface area contributed by atoms with E-state index in [4.69, 9.17) is 21.1 Å². The maximum atomic E-state index is 12.0. The standard InChI is InChI=1S/C13H12ClN3O3/c1-19-8-3-4-9(11(7-8)20-2)15-13(18)10-5-6-12(14)17-16-10/h3-7H,1-2H3,(H,15,18). The van der Waals surface area contributed by atoms with Gasteiger partial charge in [0, 0.05) is 6.07 Å². The topological polar surface area (TPSA) is 73.3 Å². The van der Waals surface area contributed by atoms with Gasteiger partial charge in [0.05, 0.1) is 19.9 Å². The molecule has 1 amide bonds. The lowest BCUT2D eigenvalue weighted by atomic mass is 10.2. The third kappa shape index (κ3) is 3.16. The summed E-state index contributed by atoms with van der Waals surface area (Å²) in [5.41, 5.74) is 0.669. The van der Waals surface area contributed by atoms with E-state index in [1.807, 2.05) is 0 Å². The maximum absolute atomic E-state index is 12.0. The lowest BCUT2D eigenvalue weighted by Crippen LogP contribution is -2.14. The summed E-state index contributed by atoms with van der Waals surface area (Å²) in [7, 11) is 3.06. The van der Waals surface area contributed by atoms with Crippen molar-refractivity contribution in [2.75, 3.05) is 19.5 Å². The molecule has 2 aromatic rings. The Hall–Kier alpha value is -2.34. The Balaban J connectivity index is 2.21. The summed E-state index contributed by atoms with van der Waals surface area (Å²) in [6.07, 6.45) is 0. The number of benzene rings is 1. The number of aromatic nitrogens is 2. The van der Waals surface area contributed by atoms with Crippen LogP contribution in [0.4, 0.5) is 5.69 Å². The van der Waals surface area contributed by atoms with Crippen molar-refractivity contribution in [1.29, 1.82) is 0 Å². The van der Waals surface area contributed by atoms with Gasteiger partial charge in [-0.15, -0.1) is 10.2 Å². The number of anilines is 1. The first-order valence-electron chi connectivity index (χ1n) is 5.66. The minimum Gasteiger partial charge on any atom is -0.497 e. The lowest BCUT2D eigenvalue weighted by molar-refractivity contribution is 0.102. The van der Waals surface area contributed by atoms with Crippen LogP contribution >= 0.6 is 11.6 Å². The van der Waals surface area contributed by atoms with Crippen molar-refractivity contribution in [2.45, 2.75) is 0 Å². The van der Waals surface area contributed by atoms with Crippen LogP contribution in [0.1, 0.15) is 10.5 Å². The fourth-order valence-electron chi connectivity index (χ4n) is 1.53. The van der Waals surface area contributed by atoms with Gasteiger partial charge in [-0.2, -0.15) is 0 Å². The zero-order chi connectivity index (χ0) is 14.5. The molecule has 0 bridgehead atoms. The first kappa shape index (κ1) is 14.1. The summed E-state index contributed by atoms with van der Waals surface area (Å²) in [5.74, 6) is 0.711. The normalized spacial score (nSPS) is 9.95. The number of halogens is 1. The van der Waals surface area contributed by atoms with Crippen LogP contribution in [-0.4, -0.2) is 30.3 Å². The number of nitrogens with zero attached hydrogens (tertiary/aromatic N) is 2. The number of nitrogens with one attached hydrogen (secondary N) is 1. The molecule has 0 spiro atoms.